The van der Waals surface area contributed by atoms with Gasteiger partial charge >= 0.3 is 12.3 Å². The van der Waals surface area contributed by atoms with Crippen molar-refractivity contribution in [2.75, 3.05) is 36.8 Å². The number of aromatic nitrogens is 1. The molecule has 2 unspecified atom stereocenters. The number of halogens is 3. The summed E-state index contributed by atoms with van der Waals surface area (Å²) >= 11 is 0.996. The van der Waals surface area contributed by atoms with Gasteiger partial charge in [0, 0.05) is 26.3 Å². The first-order valence-electron chi connectivity index (χ1n) is 10.1. The SMILES string of the molecule is COc1cc2c(cc1C(=O)O)NC(Nc1nc3ccc(OC(F)(F)F)cc3s1)(C(OC)C(N)=O)N2C. The summed E-state index contributed by atoms with van der Waals surface area (Å²) in [7, 11) is 4.18. The Balaban J connectivity index is 1.78. The molecular formula is C21H20F3N5O6S. The molecule has 0 saturated carbocycles. The molecule has 3 aromatic rings. The summed E-state index contributed by atoms with van der Waals surface area (Å²) in [6, 6.07) is 6.49. The second-order valence-electron chi connectivity index (χ2n) is 7.66. The fraction of sp³-hybridized carbons (Fsp3) is 0.286. The number of nitrogens with zero attached hydrogens (tertiary/aromatic N) is 2. The van der Waals surface area contributed by atoms with Crippen molar-refractivity contribution in [3.05, 3.63) is 35.9 Å². The molecule has 1 aliphatic heterocycles. The molecule has 0 fully saturated rings. The number of hydrogen-bond acceptors (Lipinski definition) is 10. The number of carbonyl (C=O) groups excluding carboxylic acids is 1. The predicted molar refractivity (Wildman–Crippen MR) is 125 cm³/mol. The molecule has 0 bridgehead atoms. The second kappa shape index (κ2) is 8.91. The molecule has 1 amide bonds. The van der Waals surface area contributed by atoms with Crippen molar-refractivity contribution in [3.63, 3.8) is 0 Å². The van der Waals surface area contributed by atoms with Gasteiger partial charge in [-0.1, -0.05) is 11.3 Å². The van der Waals surface area contributed by atoms with Crippen LogP contribution in [0.2, 0.25) is 0 Å². The highest BCUT2D eigenvalue weighted by Gasteiger charge is 2.52. The van der Waals surface area contributed by atoms with E-state index in [0.717, 1.165) is 17.4 Å². The average molecular weight is 527 g/mol. The Kier molecular flexibility index (Phi) is 6.22. The second-order valence-corrected chi connectivity index (χ2v) is 8.70. The summed E-state index contributed by atoms with van der Waals surface area (Å²) in [5.74, 6) is -4.01. The lowest BCUT2D eigenvalue weighted by Gasteiger charge is -2.41. The highest BCUT2D eigenvalue weighted by Crippen LogP contribution is 2.45. The molecule has 15 heteroatoms. The largest absolute Gasteiger partial charge is 0.573 e. The fourth-order valence-electron chi connectivity index (χ4n) is 4.00. The Morgan fingerprint density at radius 3 is 2.58 bits per heavy atom. The monoisotopic (exact) mass is 527 g/mol. The van der Waals surface area contributed by atoms with E-state index in [1.54, 1.807) is 11.9 Å². The van der Waals surface area contributed by atoms with E-state index in [-0.39, 0.29) is 16.4 Å². The minimum Gasteiger partial charge on any atom is -0.496 e. The Morgan fingerprint density at radius 2 is 2.00 bits per heavy atom. The molecule has 36 heavy (non-hydrogen) atoms. The number of methoxy groups -OCH3 is 2. The first-order valence-corrected chi connectivity index (χ1v) is 10.9. The van der Waals surface area contributed by atoms with E-state index in [0.29, 0.717) is 21.6 Å². The van der Waals surface area contributed by atoms with E-state index < -0.39 is 35.9 Å². The number of anilines is 3. The number of alkyl halides is 3. The minimum absolute atomic E-state index is 0.0796. The highest BCUT2D eigenvalue weighted by molar-refractivity contribution is 7.22. The van der Waals surface area contributed by atoms with Crippen LogP contribution in [0.15, 0.2) is 30.3 Å². The topological polar surface area (TPSA) is 148 Å². The zero-order valence-electron chi connectivity index (χ0n) is 19.0. The van der Waals surface area contributed by atoms with Crippen molar-refractivity contribution >= 4 is 49.9 Å². The normalized spacial score (nSPS) is 17.9. The molecule has 2 aromatic carbocycles. The van der Waals surface area contributed by atoms with Crippen molar-refractivity contribution in [3.8, 4) is 11.5 Å². The first-order chi connectivity index (χ1) is 16.9. The molecule has 11 nitrogen and oxygen atoms in total. The molecule has 2 heterocycles. The Hall–Kier alpha value is -3.98. The number of fused-ring (bicyclic) bond motifs is 2. The summed E-state index contributed by atoms with van der Waals surface area (Å²) in [6.07, 6.45) is -6.19. The van der Waals surface area contributed by atoms with Crippen LogP contribution in [0.25, 0.3) is 10.2 Å². The van der Waals surface area contributed by atoms with Crippen LogP contribution >= 0.6 is 11.3 Å². The van der Waals surface area contributed by atoms with Gasteiger partial charge in [0.2, 0.25) is 5.79 Å². The Labute approximate surface area is 205 Å². The molecule has 0 aliphatic carbocycles. The fourth-order valence-corrected chi connectivity index (χ4v) is 4.95. The number of carboxylic acid groups (broad SMARTS) is 1. The number of carboxylic acids is 1. The number of likely N-dealkylation sites (N-methyl/N-ethyl adjacent to an activating group) is 1. The predicted octanol–water partition coefficient (Wildman–Crippen LogP) is 3.03. The van der Waals surface area contributed by atoms with Crippen molar-refractivity contribution in [1.29, 1.82) is 0 Å². The van der Waals surface area contributed by atoms with Crippen molar-refractivity contribution in [2.24, 2.45) is 5.73 Å². The standard InChI is InChI=1S/C21H20F3N5O6S/c1-29-13-8-14(33-2)10(18(31)32)7-12(13)27-20(29,16(34-3)17(25)30)28-19-26-11-5-4-9(6-15(11)36-19)35-21(22,23)24/h4-8,16,27H,1-3H3,(H2,25,30)(H,26,28)(H,31,32). The van der Waals surface area contributed by atoms with Crippen LogP contribution in [0, 0.1) is 0 Å². The molecule has 2 atom stereocenters. The van der Waals surface area contributed by atoms with Gasteiger partial charge in [0.25, 0.3) is 5.91 Å². The number of aromatic carboxylic acids is 1. The van der Waals surface area contributed by atoms with Crippen LogP contribution in [0.1, 0.15) is 10.4 Å². The maximum atomic E-state index is 12.6. The molecule has 0 spiro atoms. The number of carbonyl (C=O) groups is 2. The van der Waals surface area contributed by atoms with Crippen LogP contribution < -0.4 is 30.7 Å². The third-order valence-corrected chi connectivity index (χ3v) is 6.46. The van der Waals surface area contributed by atoms with E-state index in [1.165, 1.54) is 38.5 Å². The van der Waals surface area contributed by atoms with Crippen molar-refractivity contribution in [1.82, 2.24) is 4.98 Å². The maximum Gasteiger partial charge on any atom is 0.573 e. The molecular weight excluding hydrogens is 507 g/mol. The van der Waals surface area contributed by atoms with Crippen LogP contribution in [0.4, 0.5) is 29.7 Å². The number of primary amides is 1. The zero-order chi connectivity index (χ0) is 26.4. The van der Waals surface area contributed by atoms with Gasteiger partial charge in [0.15, 0.2) is 11.2 Å². The molecule has 5 N–H and O–H groups in total. The number of ether oxygens (including phenoxy) is 3. The lowest BCUT2D eigenvalue weighted by molar-refractivity contribution is -0.274. The van der Waals surface area contributed by atoms with Crippen LogP contribution in [-0.4, -0.2) is 61.5 Å². The molecule has 192 valence electrons. The number of thiazole rings is 1. The van der Waals surface area contributed by atoms with E-state index in [1.807, 2.05) is 0 Å². The third kappa shape index (κ3) is 4.37. The van der Waals surface area contributed by atoms with Crippen LogP contribution in [-0.2, 0) is 9.53 Å². The van der Waals surface area contributed by atoms with Crippen molar-refractivity contribution in [2.45, 2.75) is 18.3 Å². The summed E-state index contributed by atoms with van der Waals surface area (Å²) in [5.41, 5.74) is 6.64. The Bertz CT molecular complexity index is 1350. The lowest BCUT2D eigenvalue weighted by atomic mass is 10.1. The van der Waals surface area contributed by atoms with Gasteiger partial charge in [-0.15, -0.1) is 13.2 Å². The number of hydrogen-bond donors (Lipinski definition) is 4. The number of benzene rings is 2. The molecule has 1 aliphatic rings. The number of amides is 1. The maximum absolute atomic E-state index is 12.6. The highest BCUT2D eigenvalue weighted by atomic mass is 32.1. The molecule has 1 aromatic heterocycles. The van der Waals surface area contributed by atoms with E-state index in [4.69, 9.17) is 15.2 Å². The summed E-state index contributed by atoms with van der Waals surface area (Å²) in [4.78, 5) is 30.0. The van der Waals surface area contributed by atoms with Gasteiger partial charge in [-0.2, -0.15) is 0 Å². The van der Waals surface area contributed by atoms with Gasteiger partial charge in [0.05, 0.1) is 28.7 Å². The number of nitrogens with two attached hydrogens (primary N) is 1. The average Bonchev–Trinajstić information content (AvgIpc) is 3.29. The third-order valence-electron chi connectivity index (χ3n) is 5.53. The van der Waals surface area contributed by atoms with Gasteiger partial charge in [-0.05, 0) is 18.2 Å². The summed E-state index contributed by atoms with van der Waals surface area (Å²) in [5, 5.41) is 15.9. The van der Waals surface area contributed by atoms with E-state index in [2.05, 4.69) is 20.4 Å². The Morgan fingerprint density at radius 1 is 1.28 bits per heavy atom. The first kappa shape index (κ1) is 25.1. The quantitative estimate of drug-likeness (QED) is 0.344. The number of rotatable bonds is 8. The van der Waals surface area contributed by atoms with Gasteiger partial charge < -0.3 is 40.6 Å². The smallest absolute Gasteiger partial charge is 0.496 e. The van der Waals surface area contributed by atoms with E-state index in [9.17, 15) is 27.9 Å². The molecule has 0 radical (unpaired) electrons. The summed E-state index contributed by atoms with van der Waals surface area (Å²) < 4.78 is 52.8. The van der Waals surface area contributed by atoms with Crippen LogP contribution in [0.3, 0.4) is 0 Å². The minimum atomic E-state index is -4.85. The molecule has 0 saturated heterocycles. The van der Waals surface area contributed by atoms with E-state index >= 15 is 0 Å². The zero-order valence-corrected chi connectivity index (χ0v) is 19.8. The lowest BCUT2D eigenvalue weighted by Crippen LogP contribution is -2.67. The number of nitrogens with one attached hydrogen (secondary N) is 2. The van der Waals surface area contributed by atoms with Gasteiger partial charge in [-0.25, -0.2) is 9.78 Å². The van der Waals surface area contributed by atoms with Gasteiger partial charge in [0.1, 0.15) is 17.1 Å². The van der Waals surface area contributed by atoms with Crippen molar-refractivity contribution < 1.29 is 42.1 Å². The van der Waals surface area contributed by atoms with Crippen LogP contribution in [0.5, 0.6) is 11.5 Å². The molecule has 4 rings (SSSR count). The van der Waals surface area contributed by atoms with Gasteiger partial charge in [-0.3, -0.25) is 4.79 Å². The summed E-state index contributed by atoms with van der Waals surface area (Å²) in [6.45, 7) is 0.